The minimum absolute atomic E-state index is 0.00281. The number of primary amides is 1. The van der Waals surface area contributed by atoms with Crippen LogP contribution in [0.15, 0.2) is 0 Å². The highest BCUT2D eigenvalue weighted by Gasteiger charge is 2.69. The van der Waals surface area contributed by atoms with Gasteiger partial charge in [0, 0.05) is 45.0 Å². The summed E-state index contributed by atoms with van der Waals surface area (Å²) >= 11 is 6.52. The number of carbonyl (C=O) groups is 5. The Kier molecular flexibility index (Phi) is 5.55. The molecule has 2 unspecified atom stereocenters. The Morgan fingerprint density at radius 3 is 2.29 bits per heavy atom. The van der Waals surface area contributed by atoms with Gasteiger partial charge in [0.2, 0.25) is 5.91 Å². The number of phenols is 1. The van der Waals surface area contributed by atoms with Gasteiger partial charge in [-0.3, -0.25) is 24.0 Å². The minimum Gasteiger partial charge on any atom is -0.505 e. The molecule has 188 valence electrons. The first-order valence-electron chi connectivity index (χ1n) is 11.0. The number of rotatable bonds is 3. The highest BCUT2D eigenvalue weighted by Crippen LogP contribution is 2.59. The molecule has 1 aromatic carbocycles. The molecule has 0 aliphatic heterocycles. The number of hydrogen-bond acceptors (Lipinski definition) is 10. The van der Waals surface area contributed by atoms with Gasteiger partial charge < -0.3 is 31.3 Å². The molecule has 4 rings (SSSR count). The van der Waals surface area contributed by atoms with E-state index >= 15 is 0 Å². The molecule has 3 aliphatic rings. The van der Waals surface area contributed by atoms with Gasteiger partial charge in [0.1, 0.15) is 0 Å². The van der Waals surface area contributed by atoms with Crippen LogP contribution in [0.5, 0.6) is 5.75 Å². The molecule has 1 aromatic rings. The fraction of sp³-hybridized carbons (Fsp3) is 0.522. The molecule has 0 saturated heterocycles. The van der Waals surface area contributed by atoms with Gasteiger partial charge in [-0.2, -0.15) is 0 Å². The second-order valence-corrected chi connectivity index (χ2v) is 10.2. The van der Waals surface area contributed by atoms with E-state index in [1.807, 2.05) is 0 Å². The second-order valence-electron chi connectivity index (χ2n) is 9.81. The highest BCUT2D eigenvalue weighted by atomic mass is 35.5. The van der Waals surface area contributed by atoms with Crippen LogP contribution in [0.25, 0.3) is 0 Å². The number of fused-ring (bicyclic) bond motifs is 3. The third-order valence-electron chi connectivity index (χ3n) is 7.72. The number of anilines is 2. The summed E-state index contributed by atoms with van der Waals surface area (Å²) in [6, 6.07) is 0. The maximum atomic E-state index is 13.8. The number of halogens is 1. The van der Waals surface area contributed by atoms with Crippen LogP contribution in [0.1, 0.15) is 35.7 Å². The molecule has 2 fully saturated rings. The topological polar surface area (TPSA) is 187 Å². The summed E-state index contributed by atoms with van der Waals surface area (Å²) in [7, 11) is 4.71. The maximum absolute atomic E-state index is 13.8. The number of aromatic hydroxyl groups is 1. The van der Waals surface area contributed by atoms with Gasteiger partial charge in [0.05, 0.1) is 33.5 Å². The third-order valence-corrected chi connectivity index (χ3v) is 8.09. The Morgan fingerprint density at radius 2 is 1.77 bits per heavy atom. The zero-order valence-corrected chi connectivity index (χ0v) is 20.3. The van der Waals surface area contributed by atoms with E-state index in [-0.39, 0.29) is 33.9 Å². The number of Topliss-reactive ketones (excluding diaryl/α,β-unsaturated/α-hetero) is 4. The normalized spacial score (nSPS) is 34.1. The van der Waals surface area contributed by atoms with E-state index in [1.54, 1.807) is 19.0 Å². The fourth-order valence-corrected chi connectivity index (χ4v) is 6.52. The van der Waals surface area contributed by atoms with E-state index in [0.717, 1.165) is 0 Å². The Bertz CT molecular complexity index is 1230. The smallest absolute Gasteiger partial charge is 0.235 e. The van der Waals surface area contributed by atoms with E-state index in [2.05, 4.69) is 5.32 Å². The molecule has 11 nitrogen and oxygen atoms in total. The first kappa shape index (κ1) is 25.1. The van der Waals surface area contributed by atoms with Gasteiger partial charge in [-0.1, -0.05) is 11.6 Å². The molecule has 2 saturated carbocycles. The van der Waals surface area contributed by atoms with Crippen LogP contribution in [0, 0.1) is 23.7 Å². The number of phenolic OH excluding ortho intramolecular Hbond substituents is 1. The largest absolute Gasteiger partial charge is 0.505 e. The number of ketones is 4. The monoisotopic (exact) mass is 507 g/mol. The van der Waals surface area contributed by atoms with Crippen LogP contribution in [0.2, 0.25) is 5.02 Å². The predicted molar refractivity (Wildman–Crippen MR) is 123 cm³/mol. The van der Waals surface area contributed by atoms with Crippen molar-refractivity contribution in [3.8, 4) is 5.75 Å². The Balaban J connectivity index is 1.99. The SMILES string of the molecule is CNc1c(O)c2c(c(N(C)C)c1Cl)[C@](C)(O)[C@H]1C[C@H]3CC(=O)C(C(N)=O)C(=O)[C@@]3(O)C(=O)C1C2=O. The molecule has 0 aromatic heterocycles. The van der Waals surface area contributed by atoms with E-state index in [9.17, 15) is 39.3 Å². The molecule has 0 bridgehead atoms. The minimum atomic E-state index is -2.81. The summed E-state index contributed by atoms with van der Waals surface area (Å²) in [6.07, 6.45) is -0.764. The van der Waals surface area contributed by atoms with Crippen LogP contribution >= 0.6 is 11.6 Å². The molecular weight excluding hydrogens is 482 g/mol. The number of hydrogen-bond donors (Lipinski definition) is 5. The maximum Gasteiger partial charge on any atom is 0.235 e. The van der Waals surface area contributed by atoms with Crippen LogP contribution < -0.4 is 16.0 Å². The number of carbonyl (C=O) groups excluding carboxylic acids is 5. The van der Waals surface area contributed by atoms with Crippen LogP contribution in [-0.4, -0.2) is 71.1 Å². The van der Waals surface area contributed by atoms with Gasteiger partial charge in [0.25, 0.3) is 0 Å². The van der Waals surface area contributed by atoms with Crippen LogP contribution in [-0.2, 0) is 24.8 Å². The number of nitrogens with one attached hydrogen (secondary N) is 1. The van der Waals surface area contributed by atoms with Crippen molar-refractivity contribution in [1.82, 2.24) is 0 Å². The Labute approximate surface area is 205 Å². The Hall–Kier alpha value is -3.02. The third kappa shape index (κ3) is 3.01. The zero-order chi connectivity index (χ0) is 26.4. The van der Waals surface area contributed by atoms with Gasteiger partial charge in [-0.05, 0) is 13.3 Å². The molecule has 0 heterocycles. The number of nitrogens with two attached hydrogens (primary N) is 1. The molecule has 3 aliphatic carbocycles. The van der Waals surface area contributed by atoms with Crippen molar-refractivity contribution in [2.24, 2.45) is 29.4 Å². The summed E-state index contributed by atoms with van der Waals surface area (Å²) in [5.74, 6) is -12.4. The van der Waals surface area contributed by atoms with Crippen LogP contribution in [0.4, 0.5) is 11.4 Å². The summed E-state index contributed by atoms with van der Waals surface area (Å²) in [6.45, 7) is 1.36. The predicted octanol–water partition coefficient (Wildman–Crippen LogP) is -0.247. The van der Waals surface area contributed by atoms with E-state index in [1.165, 1.54) is 14.0 Å². The second kappa shape index (κ2) is 7.74. The average Bonchev–Trinajstić information content (AvgIpc) is 2.74. The van der Waals surface area contributed by atoms with E-state index in [4.69, 9.17) is 17.3 Å². The summed E-state index contributed by atoms with van der Waals surface area (Å²) in [4.78, 5) is 66.3. The van der Waals surface area contributed by atoms with Crippen LogP contribution in [0.3, 0.4) is 0 Å². The number of benzene rings is 1. The van der Waals surface area contributed by atoms with E-state index < -0.39 is 76.1 Å². The first-order valence-corrected chi connectivity index (χ1v) is 11.3. The van der Waals surface area contributed by atoms with Crippen molar-refractivity contribution in [3.05, 3.63) is 16.1 Å². The quantitative estimate of drug-likeness (QED) is 0.269. The van der Waals surface area contributed by atoms with Gasteiger partial charge in [0.15, 0.2) is 40.4 Å². The zero-order valence-electron chi connectivity index (χ0n) is 19.5. The van der Waals surface area contributed by atoms with Gasteiger partial charge in [-0.25, -0.2) is 0 Å². The lowest BCUT2D eigenvalue weighted by atomic mass is 9.50. The van der Waals surface area contributed by atoms with E-state index in [0.29, 0.717) is 0 Å². The summed E-state index contributed by atoms with van der Waals surface area (Å²) < 4.78 is 0. The lowest BCUT2D eigenvalue weighted by Gasteiger charge is -2.53. The van der Waals surface area contributed by atoms with Crippen molar-refractivity contribution >= 4 is 52.0 Å². The molecule has 6 atom stereocenters. The average molecular weight is 508 g/mol. The highest BCUT2D eigenvalue weighted by molar-refractivity contribution is 6.38. The van der Waals surface area contributed by atoms with Gasteiger partial charge >= 0.3 is 0 Å². The number of nitrogens with zero attached hydrogens (tertiary/aromatic N) is 1. The molecular formula is C23H26ClN3O8. The number of amides is 1. The lowest BCUT2D eigenvalue weighted by Crippen LogP contribution is -2.70. The lowest BCUT2D eigenvalue weighted by molar-refractivity contribution is -0.182. The molecule has 35 heavy (non-hydrogen) atoms. The van der Waals surface area contributed by atoms with Crippen molar-refractivity contribution in [2.75, 3.05) is 31.4 Å². The van der Waals surface area contributed by atoms with Gasteiger partial charge in [-0.15, -0.1) is 0 Å². The first-order chi connectivity index (χ1) is 16.1. The number of aliphatic hydroxyl groups is 2. The van der Waals surface area contributed by atoms with Crippen molar-refractivity contribution in [2.45, 2.75) is 31.0 Å². The van der Waals surface area contributed by atoms with Crippen molar-refractivity contribution in [1.29, 1.82) is 0 Å². The summed E-state index contributed by atoms with van der Waals surface area (Å²) in [5.41, 5.74) is 0.291. The van der Waals surface area contributed by atoms with Crippen molar-refractivity contribution in [3.63, 3.8) is 0 Å². The van der Waals surface area contributed by atoms with Crippen molar-refractivity contribution < 1.29 is 39.3 Å². The fourth-order valence-electron chi connectivity index (χ4n) is 6.07. The molecule has 12 heteroatoms. The Morgan fingerprint density at radius 1 is 1.17 bits per heavy atom. The molecule has 1 amide bonds. The molecule has 0 spiro atoms. The summed E-state index contributed by atoms with van der Waals surface area (Å²) in [5, 5.41) is 36.8. The molecule has 6 N–H and O–H groups in total. The molecule has 0 radical (unpaired) electrons. The standard InChI is InChI=1S/C23H26ClN3O8/c1-22(34)8-5-7-6-9(28)11(21(25)33)20(32)23(7,35)19(31)10(8)17(29)12-13(22)16(27(3)4)14(24)15(26-2)18(12)30/h7-8,10-11,26,30,34-35H,5-6H2,1-4H3,(H2,25,33)/t7-,8-,10?,11?,22+,23-/m0/s1.